The van der Waals surface area contributed by atoms with Gasteiger partial charge in [-0.25, -0.2) is 0 Å². The van der Waals surface area contributed by atoms with E-state index in [0.29, 0.717) is 12.4 Å². The minimum Gasteiger partial charge on any atom is -0.466 e. The van der Waals surface area contributed by atoms with Gasteiger partial charge in [0.2, 0.25) is 0 Å². The first-order valence-corrected chi connectivity index (χ1v) is 3.07. The van der Waals surface area contributed by atoms with Crippen LogP contribution in [-0.2, 0) is 9.53 Å². The molecule has 0 rings (SSSR count). The lowest BCUT2D eigenvalue weighted by Gasteiger charge is -1.99. The van der Waals surface area contributed by atoms with Crippen molar-refractivity contribution in [2.75, 3.05) is 13.7 Å². The zero-order valence-electron chi connectivity index (χ0n) is 6.26. The van der Waals surface area contributed by atoms with Crippen LogP contribution in [-0.4, -0.2) is 25.5 Å². The third kappa shape index (κ3) is 3.88. The van der Waals surface area contributed by atoms with Gasteiger partial charge in [0, 0.05) is 7.05 Å². The minimum absolute atomic E-state index is 0.0876. The number of rotatable bonds is 3. The minimum atomic E-state index is -0.328. The Kier molecular flexibility index (Phi) is 4.28. The third-order valence-corrected chi connectivity index (χ3v) is 0.918. The van der Waals surface area contributed by atoms with Crippen molar-refractivity contribution in [3.8, 4) is 0 Å². The van der Waals surface area contributed by atoms with E-state index in [0.717, 1.165) is 0 Å². The second kappa shape index (κ2) is 4.78. The van der Waals surface area contributed by atoms with E-state index in [1.54, 1.807) is 6.92 Å². The third-order valence-electron chi connectivity index (χ3n) is 0.918. The summed E-state index contributed by atoms with van der Waals surface area (Å²) < 4.78 is 4.61. The Labute approximate surface area is 60.1 Å². The van der Waals surface area contributed by atoms with Crippen LogP contribution >= 0.6 is 0 Å². The summed E-state index contributed by atoms with van der Waals surface area (Å²) in [5, 5.41) is 0. The standard InChI is InChI=1S/C6H12N2O2/c1-3-10-6(9)4-5(7)8-2/h3-4H2,1-2H3,(H2,7,8). The molecule has 0 saturated heterocycles. The molecule has 0 amide bonds. The molecule has 0 heterocycles. The fourth-order valence-corrected chi connectivity index (χ4v) is 0.439. The highest BCUT2D eigenvalue weighted by Gasteiger charge is 2.02. The van der Waals surface area contributed by atoms with E-state index >= 15 is 0 Å². The predicted octanol–water partition coefficient (Wildman–Crippen LogP) is -0.0734. The average Bonchev–Trinajstić information content (AvgIpc) is 1.88. The molecule has 0 aromatic heterocycles. The Hall–Kier alpha value is -1.06. The predicted molar refractivity (Wildman–Crippen MR) is 38.8 cm³/mol. The van der Waals surface area contributed by atoms with Crippen molar-refractivity contribution < 1.29 is 9.53 Å². The molecule has 10 heavy (non-hydrogen) atoms. The highest BCUT2D eigenvalue weighted by Crippen LogP contribution is 1.85. The van der Waals surface area contributed by atoms with Crippen molar-refractivity contribution in [1.82, 2.24) is 0 Å². The van der Waals surface area contributed by atoms with Crippen LogP contribution in [0.25, 0.3) is 0 Å². The lowest BCUT2D eigenvalue weighted by atomic mass is 10.4. The lowest BCUT2D eigenvalue weighted by Crippen LogP contribution is -2.18. The molecule has 0 aliphatic heterocycles. The molecule has 0 aliphatic rings. The Balaban J connectivity index is 3.58. The molecule has 0 saturated carbocycles. The number of nitrogens with two attached hydrogens (primary N) is 1. The van der Waals surface area contributed by atoms with E-state index in [1.165, 1.54) is 7.05 Å². The van der Waals surface area contributed by atoms with Crippen LogP contribution < -0.4 is 5.73 Å². The second-order valence-corrected chi connectivity index (χ2v) is 1.70. The number of amidine groups is 1. The van der Waals surface area contributed by atoms with Crippen LogP contribution in [0.5, 0.6) is 0 Å². The molecule has 0 aromatic rings. The van der Waals surface area contributed by atoms with E-state index < -0.39 is 0 Å². The molecular weight excluding hydrogens is 132 g/mol. The Morgan fingerprint density at radius 1 is 1.70 bits per heavy atom. The topological polar surface area (TPSA) is 64.7 Å². The summed E-state index contributed by atoms with van der Waals surface area (Å²) in [7, 11) is 1.54. The van der Waals surface area contributed by atoms with Gasteiger partial charge in [-0.05, 0) is 6.92 Å². The first-order chi connectivity index (χ1) is 4.70. The number of carbonyl (C=O) groups excluding carboxylic acids is 1. The van der Waals surface area contributed by atoms with Crippen molar-refractivity contribution in [2.45, 2.75) is 13.3 Å². The van der Waals surface area contributed by atoms with Gasteiger partial charge in [0.25, 0.3) is 0 Å². The van der Waals surface area contributed by atoms with Crippen molar-refractivity contribution >= 4 is 11.8 Å². The molecular formula is C6H12N2O2. The van der Waals surface area contributed by atoms with Gasteiger partial charge in [-0.3, -0.25) is 9.79 Å². The van der Waals surface area contributed by atoms with Crippen LogP contribution in [0, 0.1) is 0 Å². The van der Waals surface area contributed by atoms with E-state index in [1.807, 2.05) is 0 Å². The number of hydrogen-bond acceptors (Lipinski definition) is 3. The smallest absolute Gasteiger partial charge is 0.313 e. The van der Waals surface area contributed by atoms with Gasteiger partial charge >= 0.3 is 5.97 Å². The number of ether oxygens (including phenoxy) is 1. The van der Waals surface area contributed by atoms with Crippen molar-refractivity contribution in [3.63, 3.8) is 0 Å². The molecule has 0 radical (unpaired) electrons. The molecule has 2 N–H and O–H groups in total. The van der Waals surface area contributed by atoms with Crippen LogP contribution in [0.1, 0.15) is 13.3 Å². The normalized spacial score (nSPS) is 11.2. The van der Waals surface area contributed by atoms with E-state index in [-0.39, 0.29) is 12.4 Å². The first-order valence-electron chi connectivity index (χ1n) is 3.07. The monoisotopic (exact) mass is 144 g/mol. The number of esters is 1. The maximum absolute atomic E-state index is 10.6. The zero-order chi connectivity index (χ0) is 7.98. The summed E-state index contributed by atoms with van der Waals surface area (Å²) >= 11 is 0. The maximum atomic E-state index is 10.6. The summed E-state index contributed by atoms with van der Waals surface area (Å²) in [6.45, 7) is 2.13. The summed E-state index contributed by atoms with van der Waals surface area (Å²) in [6, 6.07) is 0. The molecule has 0 aromatic carbocycles. The zero-order valence-corrected chi connectivity index (χ0v) is 6.26. The van der Waals surface area contributed by atoms with E-state index in [4.69, 9.17) is 5.73 Å². The fourth-order valence-electron chi connectivity index (χ4n) is 0.439. The van der Waals surface area contributed by atoms with Gasteiger partial charge in [0.15, 0.2) is 0 Å². The summed E-state index contributed by atoms with van der Waals surface area (Å²) in [5.41, 5.74) is 5.25. The Bertz CT molecular complexity index is 143. The molecule has 4 heteroatoms. The molecule has 0 fully saturated rings. The van der Waals surface area contributed by atoms with Crippen molar-refractivity contribution in [1.29, 1.82) is 0 Å². The lowest BCUT2D eigenvalue weighted by molar-refractivity contribution is -0.141. The molecule has 0 aliphatic carbocycles. The number of carbonyl (C=O) groups is 1. The fraction of sp³-hybridized carbons (Fsp3) is 0.667. The highest BCUT2D eigenvalue weighted by molar-refractivity contribution is 5.96. The molecule has 0 bridgehead atoms. The van der Waals surface area contributed by atoms with Crippen LogP contribution in [0.2, 0.25) is 0 Å². The molecule has 0 unspecified atom stereocenters. The van der Waals surface area contributed by atoms with Gasteiger partial charge in [-0.1, -0.05) is 0 Å². The van der Waals surface area contributed by atoms with Crippen LogP contribution in [0.15, 0.2) is 4.99 Å². The van der Waals surface area contributed by atoms with Crippen molar-refractivity contribution in [2.24, 2.45) is 10.7 Å². The highest BCUT2D eigenvalue weighted by atomic mass is 16.5. The SMILES string of the molecule is CCOC(=O)C/C(N)=N/C. The second-order valence-electron chi connectivity index (χ2n) is 1.70. The average molecular weight is 144 g/mol. The van der Waals surface area contributed by atoms with Crippen LogP contribution in [0.4, 0.5) is 0 Å². The van der Waals surface area contributed by atoms with Crippen molar-refractivity contribution in [3.05, 3.63) is 0 Å². The number of aliphatic imine (C=N–C) groups is 1. The summed E-state index contributed by atoms with van der Waals surface area (Å²) in [6.07, 6.45) is 0.0876. The van der Waals surface area contributed by atoms with Gasteiger partial charge in [0.1, 0.15) is 12.3 Å². The Morgan fingerprint density at radius 2 is 2.30 bits per heavy atom. The van der Waals surface area contributed by atoms with Gasteiger partial charge < -0.3 is 10.5 Å². The first kappa shape index (κ1) is 8.94. The molecule has 58 valence electrons. The largest absolute Gasteiger partial charge is 0.466 e. The summed E-state index contributed by atoms with van der Waals surface area (Å²) in [5.74, 6) is -0.0240. The van der Waals surface area contributed by atoms with Crippen LogP contribution in [0.3, 0.4) is 0 Å². The van der Waals surface area contributed by atoms with Gasteiger partial charge in [-0.2, -0.15) is 0 Å². The maximum Gasteiger partial charge on any atom is 0.313 e. The number of nitrogens with zero attached hydrogens (tertiary/aromatic N) is 1. The number of hydrogen-bond donors (Lipinski definition) is 1. The Morgan fingerprint density at radius 3 is 2.70 bits per heavy atom. The van der Waals surface area contributed by atoms with E-state index in [2.05, 4.69) is 9.73 Å². The van der Waals surface area contributed by atoms with E-state index in [9.17, 15) is 4.79 Å². The van der Waals surface area contributed by atoms with Gasteiger partial charge in [0.05, 0.1) is 6.61 Å². The summed E-state index contributed by atoms with van der Waals surface area (Å²) in [4.78, 5) is 14.2. The molecule has 4 nitrogen and oxygen atoms in total. The quantitative estimate of drug-likeness (QED) is 0.342. The van der Waals surface area contributed by atoms with Gasteiger partial charge in [-0.15, -0.1) is 0 Å². The molecule has 0 spiro atoms. The molecule has 0 atom stereocenters.